The highest BCUT2D eigenvalue weighted by Gasteiger charge is 2.49. The molecular formula is C19H24. The Morgan fingerprint density at radius 3 is 2.84 bits per heavy atom. The SMILES string of the molecule is CC(C)c1ccc2c(c1)CCCC21CC2=CCC1C2. The summed E-state index contributed by atoms with van der Waals surface area (Å²) in [6, 6.07) is 7.41. The predicted molar refractivity (Wildman–Crippen MR) is 80.6 cm³/mol. The largest absolute Gasteiger partial charge is 0.0850 e. The third-order valence-electron chi connectivity index (χ3n) is 5.92. The van der Waals surface area contributed by atoms with Gasteiger partial charge in [0.05, 0.1) is 0 Å². The summed E-state index contributed by atoms with van der Waals surface area (Å²) in [4.78, 5) is 0. The highest BCUT2D eigenvalue weighted by molar-refractivity contribution is 5.45. The topological polar surface area (TPSA) is 0 Å². The normalized spacial score (nSPS) is 31.9. The smallest absolute Gasteiger partial charge is 0.00272 e. The summed E-state index contributed by atoms with van der Waals surface area (Å²) in [5.41, 5.74) is 7.21. The van der Waals surface area contributed by atoms with E-state index in [9.17, 15) is 0 Å². The van der Waals surface area contributed by atoms with Gasteiger partial charge in [-0.25, -0.2) is 0 Å². The number of allylic oxidation sites excluding steroid dienone is 2. The maximum Gasteiger partial charge on any atom is 0.00272 e. The van der Waals surface area contributed by atoms with E-state index in [1.165, 1.54) is 44.1 Å². The van der Waals surface area contributed by atoms with E-state index in [1.54, 1.807) is 16.7 Å². The van der Waals surface area contributed by atoms with E-state index < -0.39 is 0 Å². The van der Waals surface area contributed by atoms with Gasteiger partial charge in [-0.05, 0) is 67.1 Å². The van der Waals surface area contributed by atoms with Gasteiger partial charge in [-0.1, -0.05) is 43.7 Å². The number of benzene rings is 1. The molecule has 2 bridgehead atoms. The Bertz CT molecular complexity index is 549. The molecule has 1 saturated carbocycles. The molecule has 3 aliphatic carbocycles. The highest BCUT2D eigenvalue weighted by atomic mass is 14.5. The van der Waals surface area contributed by atoms with Crippen molar-refractivity contribution in [2.24, 2.45) is 5.92 Å². The van der Waals surface area contributed by atoms with Crippen molar-refractivity contribution in [3.05, 3.63) is 46.5 Å². The Hall–Kier alpha value is -1.04. The summed E-state index contributed by atoms with van der Waals surface area (Å²) in [7, 11) is 0. The molecule has 0 N–H and O–H groups in total. The first-order valence-corrected chi connectivity index (χ1v) is 8.00. The zero-order chi connectivity index (χ0) is 13.0. The van der Waals surface area contributed by atoms with E-state index in [-0.39, 0.29) is 0 Å². The fourth-order valence-electron chi connectivity index (χ4n) is 4.91. The molecule has 1 aromatic carbocycles. The molecule has 4 rings (SSSR count). The van der Waals surface area contributed by atoms with Crippen LogP contribution >= 0.6 is 0 Å². The maximum atomic E-state index is 2.52. The van der Waals surface area contributed by atoms with Gasteiger partial charge in [-0.3, -0.25) is 0 Å². The van der Waals surface area contributed by atoms with E-state index in [0.717, 1.165) is 5.92 Å². The molecule has 2 atom stereocenters. The van der Waals surface area contributed by atoms with Crippen LogP contribution in [0.3, 0.4) is 0 Å². The second-order valence-electron chi connectivity index (χ2n) is 7.26. The molecule has 0 saturated heterocycles. The van der Waals surface area contributed by atoms with Gasteiger partial charge in [-0.2, -0.15) is 0 Å². The van der Waals surface area contributed by atoms with Crippen LogP contribution in [0.1, 0.15) is 68.6 Å². The Labute approximate surface area is 116 Å². The molecule has 0 heteroatoms. The molecule has 2 unspecified atom stereocenters. The lowest BCUT2D eigenvalue weighted by molar-refractivity contribution is 0.269. The van der Waals surface area contributed by atoms with Crippen molar-refractivity contribution in [3.8, 4) is 0 Å². The summed E-state index contributed by atoms with van der Waals surface area (Å²) in [6.45, 7) is 4.62. The molecule has 1 fully saturated rings. The molecule has 1 spiro atoms. The zero-order valence-corrected chi connectivity index (χ0v) is 12.2. The Kier molecular flexibility index (Phi) is 2.46. The maximum absolute atomic E-state index is 2.52. The first-order valence-electron chi connectivity index (χ1n) is 8.00. The quantitative estimate of drug-likeness (QED) is 0.608. The summed E-state index contributed by atoms with van der Waals surface area (Å²) < 4.78 is 0. The Balaban J connectivity index is 1.82. The Morgan fingerprint density at radius 1 is 1.26 bits per heavy atom. The van der Waals surface area contributed by atoms with E-state index in [2.05, 4.69) is 38.1 Å². The molecule has 19 heavy (non-hydrogen) atoms. The first kappa shape index (κ1) is 11.8. The van der Waals surface area contributed by atoms with Crippen LogP contribution in [0.4, 0.5) is 0 Å². The van der Waals surface area contributed by atoms with E-state index in [1.807, 2.05) is 0 Å². The van der Waals surface area contributed by atoms with Gasteiger partial charge >= 0.3 is 0 Å². The van der Waals surface area contributed by atoms with Crippen LogP contribution in [0.2, 0.25) is 0 Å². The molecule has 0 nitrogen and oxygen atoms in total. The number of fused-ring (bicyclic) bond motifs is 5. The van der Waals surface area contributed by atoms with Gasteiger partial charge in [0.25, 0.3) is 0 Å². The fourth-order valence-corrected chi connectivity index (χ4v) is 4.91. The van der Waals surface area contributed by atoms with Crippen molar-refractivity contribution >= 4 is 0 Å². The zero-order valence-electron chi connectivity index (χ0n) is 12.2. The minimum Gasteiger partial charge on any atom is -0.0850 e. The van der Waals surface area contributed by atoms with Crippen molar-refractivity contribution in [2.75, 3.05) is 0 Å². The molecule has 3 aliphatic rings. The Morgan fingerprint density at radius 2 is 2.16 bits per heavy atom. The van der Waals surface area contributed by atoms with Gasteiger partial charge in [0.15, 0.2) is 0 Å². The number of hydrogen-bond donors (Lipinski definition) is 0. The van der Waals surface area contributed by atoms with E-state index in [4.69, 9.17) is 0 Å². The minimum atomic E-state index is 0.535. The van der Waals surface area contributed by atoms with Crippen LogP contribution in [0.15, 0.2) is 29.8 Å². The number of hydrogen-bond acceptors (Lipinski definition) is 0. The molecule has 100 valence electrons. The number of aryl methyl sites for hydroxylation is 1. The van der Waals surface area contributed by atoms with Crippen molar-refractivity contribution in [1.82, 2.24) is 0 Å². The third kappa shape index (κ3) is 1.58. The monoisotopic (exact) mass is 252 g/mol. The molecule has 0 aromatic heterocycles. The first-order chi connectivity index (χ1) is 9.19. The van der Waals surface area contributed by atoms with Crippen molar-refractivity contribution in [1.29, 1.82) is 0 Å². The van der Waals surface area contributed by atoms with Gasteiger partial charge < -0.3 is 0 Å². The molecule has 0 amide bonds. The van der Waals surface area contributed by atoms with E-state index in [0.29, 0.717) is 11.3 Å². The molecule has 0 radical (unpaired) electrons. The lowest BCUT2D eigenvalue weighted by Crippen LogP contribution is -2.35. The lowest BCUT2D eigenvalue weighted by Gasteiger charge is -2.42. The second-order valence-corrected chi connectivity index (χ2v) is 7.26. The molecule has 0 heterocycles. The average Bonchev–Trinajstić information content (AvgIpc) is 2.99. The fraction of sp³-hybridized carbons (Fsp3) is 0.579. The third-order valence-corrected chi connectivity index (χ3v) is 5.92. The van der Waals surface area contributed by atoms with Crippen LogP contribution < -0.4 is 0 Å². The lowest BCUT2D eigenvalue weighted by atomic mass is 9.62. The van der Waals surface area contributed by atoms with Crippen molar-refractivity contribution < 1.29 is 0 Å². The molecular weight excluding hydrogens is 228 g/mol. The van der Waals surface area contributed by atoms with Crippen LogP contribution in [0, 0.1) is 5.92 Å². The van der Waals surface area contributed by atoms with Crippen LogP contribution in [0.25, 0.3) is 0 Å². The average molecular weight is 252 g/mol. The molecule has 0 aliphatic heterocycles. The second kappa shape index (κ2) is 3.98. The molecule has 1 aromatic rings. The predicted octanol–water partition coefficient (Wildman–Crippen LogP) is 5.12. The van der Waals surface area contributed by atoms with Gasteiger partial charge in [0.2, 0.25) is 0 Å². The van der Waals surface area contributed by atoms with E-state index >= 15 is 0 Å². The van der Waals surface area contributed by atoms with Gasteiger partial charge in [0.1, 0.15) is 0 Å². The van der Waals surface area contributed by atoms with Crippen molar-refractivity contribution in [2.45, 2.75) is 63.7 Å². The van der Waals surface area contributed by atoms with Gasteiger partial charge in [0, 0.05) is 5.41 Å². The van der Waals surface area contributed by atoms with Crippen LogP contribution in [-0.4, -0.2) is 0 Å². The summed E-state index contributed by atoms with van der Waals surface area (Å²) >= 11 is 0. The standard InChI is InChI=1S/C19H24/c1-13(2)15-6-8-18-16(11-15)4-3-9-19(18)12-14-5-7-17(19)10-14/h5-6,8,11,13,17H,3-4,7,9-10,12H2,1-2H3. The summed E-state index contributed by atoms with van der Waals surface area (Å²) in [5.74, 6) is 1.58. The van der Waals surface area contributed by atoms with Gasteiger partial charge in [-0.15, -0.1) is 0 Å². The summed E-state index contributed by atoms with van der Waals surface area (Å²) in [6.07, 6.45) is 10.8. The van der Waals surface area contributed by atoms with Crippen molar-refractivity contribution in [3.63, 3.8) is 0 Å². The number of rotatable bonds is 1. The van der Waals surface area contributed by atoms with Crippen LogP contribution in [-0.2, 0) is 11.8 Å². The van der Waals surface area contributed by atoms with Crippen LogP contribution in [0.5, 0.6) is 0 Å². The highest BCUT2D eigenvalue weighted by Crippen LogP contribution is 2.58. The summed E-state index contributed by atoms with van der Waals surface area (Å²) in [5, 5.41) is 0. The minimum absolute atomic E-state index is 0.535.